The lowest BCUT2D eigenvalue weighted by Gasteiger charge is -2.05. The van der Waals surface area contributed by atoms with E-state index in [0.29, 0.717) is 32.7 Å². The second-order valence-corrected chi connectivity index (χ2v) is 8.13. The Morgan fingerprint density at radius 1 is 0.700 bits per heavy atom. The smallest absolute Gasteiger partial charge is 0.173 e. The summed E-state index contributed by atoms with van der Waals surface area (Å²) in [6.45, 7) is 7.63. The van der Waals surface area contributed by atoms with E-state index in [2.05, 4.69) is 13.2 Å². The van der Waals surface area contributed by atoms with Gasteiger partial charge in [0.1, 0.15) is 0 Å². The summed E-state index contributed by atoms with van der Waals surface area (Å²) in [7, 11) is -6.33. The van der Waals surface area contributed by atoms with Gasteiger partial charge in [-0.1, -0.05) is 13.2 Å². The summed E-state index contributed by atoms with van der Waals surface area (Å²) < 4.78 is 54.5. The number of ether oxygens (including phenoxy) is 2. The van der Waals surface area contributed by atoms with E-state index in [9.17, 15) is 16.8 Å². The SMILES string of the molecule is C=CS(=O)(=O)CCCCOCCOCCS(=O)(=O)C=C. The van der Waals surface area contributed by atoms with Gasteiger partial charge in [-0.05, 0) is 12.8 Å². The molecular formula is C12H22O6S2. The topological polar surface area (TPSA) is 86.7 Å². The van der Waals surface area contributed by atoms with Gasteiger partial charge in [0.2, 0.25) is 0 Å². The van der Waals surface area contributed by atoms with Gasteiger partial charge in [-0.2, -0.15) is 0 Å². The van der Waals surface area contributed by atoms with E-state index in [1.807, 2.05) is 0 Å². The third kappa shape index (κ3) is 11.2. The molecule has 0 rings (SSSR count). The van der Waals surface area contributed by atoms with Crippen LogP contribution in [-0.2, 0) is 29.1 Å². The molecule has 6 nitrogen and oxygen atoms in total. The summed E-state index contributed by atoms with van der Waals surface area (Å²) in [4.78, 5) is 0. The highest BCUT2D eigenvalue weighted by Gasteiger charge is 2.04. The quantitative estimate of drug-likeness (QED) is 0.468. The summed E-state index contributed by atoms with van der Waals surface area (Å²) in [5.74, 6) is -0.00825. The number of sulfone groups is 2. The Labute approximate surface area is 121 Å². The Morgan fingerprint density at radius 3 is 1.75 bits per heavy atom. The molecule has 0 amide bonds. The third-order valence-electron chi connectivity index (χ3n) is 2.36. The lowest BCUT2D eigenvalue weighted by atomic mass is 10.4. The summed E-state index contributed by atoms with van der Waals surface area (Å²) in [6.07, 6.45) is 1.16. The minimum absolute atomic E-state index is 0.0791. The second kappa shape index (κ2) is 10.1. The van der Waals surface area contributed by atoms with Crippen LogP contribution in [-0.4, -0.2) is 54.8 Å². The molecule has 0 aromatic rings. The molecule has 0 aromatic heterocycles. The van der Waals surface area contributed by atoms with E-state index in [0.717, 1.165) is 10.8 Å². The van der Waals surface area contributed by atoms with Crippen LogP contribution in [0.5, 0.6) is 0 Å². The minimum Gasteiger partial charge on any atom is -0.379 e. The van der Waals surface area contributed by atoms with E-state index >= 15 is 0 Å². The van der Waals surface area contributed by atoms with Crippen LogP contribution in [0.25, 0.3) is 0 Å². The van der Waals surface area contributed by atoms with Crippen molar-refractivity contribution in [2.75, 3.05) is 37.9 Å². The summed E-state index contributed by atoms with van der Waals surface area (Å²) in [5, 5.41) is 1.86. The normalized spacial score (nSPS) is 12.2. The van der Waals surface area contributed by atoms with Crippen LogP contribution in [0.3, 0.4) is 0 Å². The molecule has 0 radical (unpaired) electrons. The first kappa shape index (κ1) is 19.3. The number of rotatable bonds is 13. The van der Waals surface area contributed by atoms with Crippen LogP contribution >= 0.6 is 0 Å². The molecule has 118 valence electrons. The lowest BCUT2D eigenvalue weighted by Crippen LogP contribution is -2.12. The van der Waals surface area contributed by atoms with Crippen molar-refractivity contribution in [1.29, 1.82) is 0 Å². The Morgan fingerprint density at radius 2 is 1.20 bits per heavy atom. The van der Waals surface area contributed by atoms with Gasteiger partial charge in [-0.25, -0.2) is 16.8 Å². The first-order valence-electron chi connectivity index (χ1n) is 6.19. The summed E-state index contributed by atoms with van der Waals surface area (Å²) in [6, 6.07) is 0. The minimum atomic E-state index is -3.21. The van der Waals surface area contributed by atoms with Crippen molar-refractivity contribution >= 4 is 19.7 Å². The monoisotopic (exact) mass is 326 g/mol. The molecule has 20 heavy (non-hydrogen) atoms. The average Bonchev–Trinajstić information content (AvgIpc) is 2.41. The van der Waals surface area contributed by atoms with Crippen molar-refractivity contribution in [3.05, 3.63) is 24.0 Å². The standard InChI is InChI=1S/C12H22O6S2/c1-3-19(13,14)11-6-5-7-17-8-9-18-10-12-20(15,16)4-2/h3-4H,1-2,5-12H2. The van der Waals surface area contributed by atoms with Gasteiger partial charge >= 0.3 is 0 Å². The highest BCUT2D eigenvalue weighted by Crippen LogP contribution is 1.98. The Hall–Kier alpha value is -0.700. The van der Waals surface area contributed by atoms with Crippen LogP contribution in [0.2, 0.25) is 0 Å². The Balaban J connectivity index is 3.38. The number of hydrogen-bond acceptors (Lipinski definition) is 6. The van der Waals surface area contributed by atoms with Gasteiger partial charge in [0.05, 0.1) is 31.3 Å². The van der Waals surface area contributed by atoms with E-state index in [-0.39, 0.29) is 18.1 Å². The number of unbranched alkanes of at least 4 members (excludes halogenated alkanes) is 1. The molecule has 8 heteroatoms. The Kier molecular flexibility index (Phi) is 9.74. The van der Waals surface area contributed by atoms with Crippen molar-refractivity contribution in [2.24, 2.45) is 0 Å². The van der Waals surface area contributed by atoms with Crippen LogP contribution in [0.4, 0.5) is 0 Å². The molecule has 0 bridgehead atoms. The maximum atomic E-state index is 11.1. The van der Waals surface area contributed by atoms with E-state index in [1.165, 1.54) is 0 Å². The molecule has 0 fully saturated rings. The fourth-order valence-corrected chi connectivity index (χ4v) is 2.46. The predicted molar refractivity (Wildman–Crippen MR) is 78.8 cm³/mol. The second-order valence-electron chi connectivity index (χ2n) is 4.00. The molecule has 0 saturated heterocycles. The third-order valence-corrected chi connectivity index (χ3v) is 4.97. The average molecular weight is 326 g/mol. The van der Waals surface area contributed by atoms with Gasteiger partial charge in [-0.15, -0.1) is 0 Å². The summed E-state index contributed by atoms with van der Waals surface area (Å²) >= 11 is 0. The molecule has 0 spiro atoms. The molecule has 0 aliphatic carbocycles. The van der Waals surface area contributed by atoms with Crippen molar-refractivity contribution in [1.82, 2.24) is 0 Å². The fraction of sp³-hybridized carbons (Fsp3) is 0.667. The fourth-order valence-electron chi connectivity index (χ4n) is 1.17. The zero-order valence-corrected chi connectivity index (χ0v) is 13.1. The molecule has 0 aliphatic heterocycles. The Bertz CT molecular complexity index is 432. The first-order valence-corrected chi connectivity index (χ1v) is 9.62. The van der Waals surface area contributed by atoms with Gasteiger partial charge in [0.25, 0.3) is 0 Å². The van der Waals surface area contributed by atoms with E-state index < -0.39 is 19.7 Å². The molecule has 0 heterocycles. The van der Waals surface area contributed by atoms with Crippen LogP contribution < -0.4 is 0 Å². The zero-order chi connectivity index (χ0) is 15.5. The highest BCUT2D eigenvalue weighted by atomic mass is 32.2. The van der Waals surface area contributed by atoms with Crippen LogP contribution in [0.1, 0.15) is 12.8 Å². The van der Waals surface area contributed by atoms with Crippen molar-refractivity contribution < 1.29 is 26.3 Å². The van der Waals surface area contributed by atoms with Crippen molar-refractivity contribution in [3.63, 3.8) is 0 Å². The maximum absolute atomic E-state index is 11.1. The molecule has 0 unspecified atom stereocenters. The highest BCUT2D eigenvalue weighted by molar-refractivity contribution is 7.94. The zero-order valence-electron chi connectivity index (χ0n) is 11.5. The van der Waals surface area contributed by atoms with Crippen LogP contribution in [0, 0.1) is 0 Å². The van der Waals surface area contributed by atoms with E-state index in [4.69, 9.17) is 9.47 Å². The maximum Gasteiger partial charge on any atom is 0.173 e. The molecule has 0 saturated carbocycles. The van der Waals surface area contributed by atoms with Gasteiger partial charge in [-0.3, -0.25) is 0 Å². The van der Waals surface area contributed by atoms with Crippen LogP contribution in [0.15, 0.2) is 24.0 Å². The lowest BCUT2D eigenvalue weighted by molar-refractivity contribution is 0.0524. The molecule has 0 N–H and O–H groups in total. The van der Waals surface area contributed by atoms with Crippen molar-refractivity contribution in [3.8, 4) is 0 Å². The molecule has 0 atom stereocenters. The first-order chi connectivity index (χ1) is 9.33. The van der Waals surface area contributed by atoms with Crippen molar-refractivity contribution in [2.45, 2.75) is 12.8 Å². The number of hydrogen-bond donors (Lipinski definition) is 0. The van der Waals surface area contributed by atoms with Gasteiger partial charge in [0, 0.05) is 17.4 Å². The molecule has 0 aromatic carbocycles. The van der Waals surface area contributed by atoms with Gasteiger partial charge in [0.15, 0.2) is 19.7 Å². The molecule has 0 aliphatic rings. The molecular weight excluding hydrogens is 304 g/mol. The largest absolute Gasteiger partial charge is 0.379 e. The van der Waals surface area contributed by atoms with Gasteiger partial charge < -0.3 is 9.47 Å². The van der Waals surface area contributed by atoms with E-state index in [1.54, 1.807) is 0 Å². The predicted octanol–water partition coefficient (Wildman–Crippen LogP) is 0.916. The summed E-state index contributed by atoms with van der Waals surface area (Å²) in [5.41, 5.74) is 0.